The molecule has 19 heteroatoms. The number of benzene rings is 3. The van der Waals surface area contributed by atoms with Gasteiger partial charge >= 0.3 is 18.2 Å². The third-order valence-electron chi connectivity index (χ3n) is 8.76. The van der Waals surface area contributed by atoms with E-state index in [1.54, 1.807) is 67.8 Å². The van der Waals surface area contributed by atoms with E-state index in [2.05, 4.69) is 21.5 Å². The van der Waals surface area contributed by atoms with E-state index in [0.29, 0.717) is 27.5 Å². The average Bonchev–Trinajstić information content (AvgIpc) is 3.86. The fourth-order valence-electron chi connectivity index (χ4n) is 5.74. The Hall–Kier alpha value is -5.51. The highest BCUT2D eigenvalue weighted by atomic mass is 35.5. The summed E-state index contributed by atoms with van der Waals surface area (Å²) in [5, 5.41) is 30.9. The van der Waals surface area contributed by atoms with Gasteiger partial charge < -0.3 is 36.6 Å². The van der Waals surface area contributed by atoms with Crippen molar-refractivity contribution in [1.29, 1.82) is 5.26 Å². The van der Waals surface area contributed by atoms with E-state index in [-0.39, 0.29) is 69.8 Å². The van der Waals surface area contributed by atoms with Gasteiger partial charge in [0.2, 0.25) is 6.34 Å². The van der Waals surface area contributed by atoms with Crippen LogP contribution >= 0.6 is 23.7 Å². The number of anilines is 1. The van der Waals surface area contributed by atoms with Crippen LogP contribution in [0.4, 0.5) is 24.1 Å². The maximum absolute atomic E-state index is 15.5. The molecule has 1 aliphatic heterocycles. The van der Waals surface area contributed by atoms with Crippen molar-refractivity contribution in [3.8, 4) is 17.3 Å². The summed E-state index contributed by atoms with van der Waals surface area (Å²) in [6, 6.07) is 18.3. The Kier molecular flexibility index (Phi) is 16.6. The molecule has 2 heterocycles. The molecule has 3 aromatic carbocycles. The van der Waals surface area contributed by atoms with Gasteiger partial charge in [-0.05, 0) is 43.3 Å². The van der Waals surface area contributed by atoms with Gasteiger partial charge in [-0.25, -0.2) is 23.4 Å². The highest BCUT2D eigenvalue weighted by molar-refractivity contribution is 7.10. The summed E-state index contributed by atoms with van der Waals surface area (Å²) in [7, 11) is 1.40. The van der Waals surface area contributed by atoms with Crippen molar-refractivity contribution in [3.05, 3.63) is 105 Å². The van der Waals surface area contributed by atoms with Gasteiger partial charge in [0.05, 0.1) is 34.6 Å². The normalized spacial score (nSPS) is 15.5. The number of carbonyl (C=O) groups is 3. The first-order valence-corrected chi connectivity index (χ1v) is 17.9. The number of para-hydroxylation sites is 1. The number of nitrogens with zero attached hydrogens (tertiary/aromatic N) is 6. The molecule has 1 unspecified atom stereocenters. The SMILES string of the molecule is CCOC(=O)N(C)CC(=O)OCc1ccccc1NC(=O)OCC[N+]1(C[C@](O)(c2cc(F)ccc2F)[C@@H](C)c2nc(-c3ccc(C#N)cc3)cs2)C=NC=N1.Cl.[Cl-]. The Labute approximate surface area is 343 Å². The lowest BCUT2D eigenvalue weighted by Crippen LogP contribution is -3.00. The number of hydrogen-bond acceptors (Lipinski definition) is 12. The van der Waals surface area contributed by atoms with Gasteiger partial charge in [0.1, 0.15) is 44.5 Å². The van der Waals surface area contributed by atoms with Gasteiger partial charge in [-0.2, -0.15) is 10.3 Å². The van der Waals surface area contributed by atoms with E-state index < -0.39 is 45.9 Å². The first-order chi connectivity index (χ1) is 26.4. The lowest BCUT2D eigenvalue weighted by Gasteiger charge is -2.38. The van der Waals surface area contributed by atoms with Crippen LogP contribution in [0.15, 0.2) is 82.2 Å². The maximum atomic E-state index is 15.5. The van der Waals surface area contributed by atoms with Crippen molar-refractivity contribution in [1.82, 2.24) is 9.88 Å². The van der Waals surface area contributed by atoms with Gasteiger partial charge in [-0.3, -0.25) is 10.1 Å². The first-order valence-electron chi connectivity index (χ1n) is 17.0. The molecule has 302 valence electrons. The lowest BCUT2D eigenvalue weighted by molar-refractivity contribution is -0.848. The molecule has 0 saturated heterocycles. The minimum absolute atomic E-state index is 0. The third kappa shape index (κ3) is 11.5. The molecule has 0 spiro atoms. The zero-order valence-electron chi connectivity index (χ0n) is 30.9. The van der Waals surface area contributed by atoms with E-state index in [4.69, 9.17) is 24.5 Å². The zero-order valence-corrected chi connectivity index (χ0v) is 33.3. The van der Waals surface area contributed by atoms with Crippen LogP contribution in [0.5, 0.6) is 0 Å². The molecule has 2 amide bonds. The van der Waals surface area contributed by atoms with Crippen LogP contribution in [0.2, 0.25) is 0 Å². The number of aromatic nitrogens is 1. The van der Waals surface area contributed by atoms with Crippen molar-refractivity contribution in [2.45, 2.75) is 32.0 Å². The molecule has 57 heavy (non-hydrogen) atoms. The summed E-state index contributed by atoms with van der Waals surface area (Å²) in [6.45, 7) is 2.25. The molecule has 4 aromatic rings. The van der Waals surface area contributed by atoms with E-state index >= 15 is 4.39 Å². The number of ether oxygens (including phenoxy) is 3. The number of esters is 1. The van der Waals surface area contributed by atoms with Gasteiger partial charge in [0, 0.05) is 35.0 Å². The molecular weight excluding hydrogens is 807 g/mol. The number of hydrogen-bond donors (Lipinski definition) is 2. The Bertz CT molecular complexity index is 2120. The van der Waals surface area contributed by atoms with Crippen LogP contribution in [0, 0.1) is 23.0 Å². The molecule has 0 fully saturated rings. The van der Waals surface area contributed by atoms with Crippen molar-refractivity contribution in [2.24, 2.45) is 10.1 Å². The van der Waals surface area contributed by atoms with E-state index in [0.717, 1.165) is 28.7 Å². The monoisotopic (exact) mass is 845 g/mol. The van der Waals surface area contributed by atoms with Crippen molar-refractivity contribution < 1.29 is 59.5 Å². The number of likely N-dealkylation sites (N-methyl/N-ethyl adjacent to an activating group) is 1. The Morgan fingerprint density at radius 1 is 1.09 bits per heavy atom. The number of nitrogens with one attached hydrogen (secondary N) is 1. The molecule has 1 aromatic heterocycles. The van der Waals surface area contributed by atoms with E-state index in [1.807, 2.05) is 0 Å². The summed E-state index contributed by atoms with van der Waals surface area (Å²) >= 11 is 1.23. The molecule has 0 radical (unpaired) electrons. The first kappa shape index (κ1) is 45.9. The fourth-order valence-corrected chi connectivity index (χ4v) is 6.71. The molecule has 14 nitrogen and oxygen atoms in total. The second-order valence-corrected chi connectivity index (χ2v) is 13.4. The largest absolute Gasteiger partial charge is 1.00 e. The predicted molar refractivity (Wildman–Crippen MR) is 206 cm³/mol. The van der Waals surface area contributed by atoms with Gasteiger partial charge in [0.15, 0.2) is 11.9 Å². The molecule has 0 bridgehead atoms. The average molecular weight is 847 g/mol. The number of nitriles is 1. The quantitative estimate of drug-likeness (QED) is 0.103. The standard InChI is InChI=1S/C38H37F2N7O7S.2ClH/c1-4-52-37(50)46(3)19-34(48)54-20-28-7-5-6-8-32(28)45-36(49)53-16-15-47(24-42-23-43-47)22-38(51,30-17-29(39)13-14-31(30)40)25(2)35-44-33(21-55-35)27-11-9-26(18-41)10-12-27;;/h5-14,17,21,23-25,51H,4,15-16,19-20,22H2,1-3H3;2*1H/t25-,38+,47?;;/m0../s1. The number of aliphatic hydroxyl groups is 1. The topological polar surface area (TPSA) is 176 Å². The molecule has 1 aliphatic rings. The molecule has 5 rings (SSSR count). The van der Waals surface area contributed by atoms with Crippen LogP contribution in [0.1, 0.15) is 41.5 Å². The van der Waals surface area contributed by atoms with Gasteiger partial charge in [-0.1, -0.05) is 42.4 Å². The zero-order chi connectivity index (χ0) is 39.6. The fraction of sp³-hybridized carbons (Fsp3) is 0.289. The van der Waals surface area contributed by atoms with Crippen molar-refractivity contribution in [3.63, 3.8) is 0 Å². The van der Waals surface area contributed by atoms with Gasteiger partial charge in [-0.15, -0.1) is 28.3 Å². The Morgan fingerprint density at radius 2 is 1.82 bits per heavy atom. The van der Waals surface area contributed by atoms with Crippen LogP contribution in [0.25, 0.3) is 11.3 Å². The lowest BCUT2D eigenvalue weighted by atomic mass is 9.81. The van der Waals surface area contributed by atoms with E-state index in [9.17, 15) is 23.9 Å². The van der Waals surface area contributed by atoms with Crippen LogP contribution < -0.4 is 17.7 Å². The summed E-state index contributed by atoms with van der Waals surface area (Å²) in [4.78, 5) is 47.0. The number of aliphatic imine (C=N–C) groups is 1. The minimum atomic E-state index is -2.11. The second-order valence-electron chi connectivity index (χ2n) is 12.5. The number of carbonyl (C=O) groups excluding carboxylic acids is 3. The molecule has 2 N–H and O–H groups in total. The number of rotatable bonds is 15. The van der Waals surface area contributed by atoms with Crippen LogP contribution in [-0.4, -0.2) is 90.3 Å². The van der Waals surface area contributed by atoms with Crippen LogP contribution in [0.3, 0.4) is 0 Å². The minimum Gasteiger partial charge on any atom is -1.00 e. The summed E-state index contributed by atoms with van der Waals surface area (Å²) < 4.78 is 45.4. The number of quaternary nitrogens is 1. The summed E-state index contributed by atoms with van der Waals surface area (Å²) in [5.74, 6) is -3.20. The highest BCUT2D eigenvalue weighted by Crippen LogP contribution is 2.42. The number of halogens is 4. The predicted octanol–water partition coefficient (Wildman–Crippen LogP) is 3.56. The van der Waals surface area contributed by atoms with Crippen LogP contribution in [-0.2, 0) is 31.2 Å². The number of thiazole rings is 1. The summed E-state index contributed by atoms with van der Waals surface area (Å²) in [5.41, 5.74) is 0.114. The maximum Gasteiger partial charge on any atom is 0.411 e. The highest BCUT2D eigenvalue weighted by Gasteiger charge is 2.49. The summed E-state index contributed by atoms with van der Waals surface area (Å²) in [6.07, 6.45) is 1.14. The molecule has 0 aliphatic carbocycles. The smallest absolute Gasteiger partial charge is 0.411 e. The molecule has 3 atom stereocenters. The van der Waals surface area contributed by atoms with Gasteiger partial charge in [0.25, 0.3) is 0 Å². The Balaban J connectivity index is 0.00000435. The number of amides is 2. The second kappa shape index (κ2) is 20.6. The third-order valence-corrected chi connectivity index (χ3v) is 9.79. The van der Waals surface area contributed by atoms with E-state index in [1.165, 1.54) is 31.1 Å². The Morgan fingerprint density at radius 3 is 2.51 bits per heavy atom. The van der Waals surface area contributed by atoms with Crippen molar-refractivity contribution >= 4 is 60.3 Å². The molecular formula is C38H39Cl2F2N7O7S. The van der Waals surface area contributed by atoms with Crippen molar-refractivity contribution in [2.75, 3.05) is 45.2 Å². The molecule has 0 saturated carbocycles.